The summed E-state index contributed by atoms with van der Waals surface area (Å²) >= 11 is 0. The molecule has 4 nitrogen and oxygen atoms in total. The van der Waals surface area contributed by atoms with Crippen LogP contribution in [0.2, 0.25) is 0 Å². The van der Waals surface area contributed by atoms with E-state index >= 15 is 0 Å². The highest BCUT2D eigenvalue weighted by Crippen LogP contribution is 2.31. The van der Waals surface area contributed by atoms with Gasteiger partial charge in [-0.1, -0.05) is 12.1 Å². The molecule has 1 unspecified atom stereocenters. The van der Waals surface area contributed by atoms with Gasteiger partial charge in [0.1, 0.15) is 5.52 Å². The Labute approximate surface area is 141 Å². The molecule has 0 amide bonds. The number of oxazole rings is 1. The van der Waals surface area contributed by atoms with Gasteiger partial charge in [0.15, 0.2) is 5.58 Å². The fraction of sp³-hybridized carbons (Fsp3) is 0.222. The zero-order valence-corrected chi connectivity index (χ0v) is 13.3. The van der Waals surface area contributed by atoms with Crippen molar-refractivity contribution in [1.29, 1.82) is 5.26 Å². The van der Waals surface area contributed by atoms with Crippen molar-refractivity contribution in [3.8, 4) is 6.07 Å². The number of hydrogen-bond acceptors (Lipinski definition) is 4. The number of alkyl halides is 3. The Hall–Kier alpha value is -2.85. The maximum absolute atomic E-state index is 12.7. The second kappa shape index (κ2) is 6.57. The predicted octanol–water partition coefficient (Wildman–Crippen LogP) is 4.57. The van der Waals surface area contributed by atoms with Gasteiger partial charge in [-0.2, -0.15) is 18.4 Å². The Balaban J connectivity index is 1.71. The summed E-state index contributed by atoms with van der Waals surface area (Å²) in [7, 11) is 0. The number of halogens is 3. The number of benzene rings is 2. The first-order valence-corrected chi connectivity index (χ1v) is 7.57. The van der Waals surface area contributed by atoms with Crippen molar-refractivity contribution < 1.29 is 17.6 Å². The Bertz CT molecular complexity index is 923. The van der Waals surface area contributed by atoms with E-state index in [9.17, 15) is 13.2 Å². The van der Waals surface area contributed by atoms with Crippen LogP contribution in [-0.2, 0) is 12.7 Å². The van der Waals surface area contributed by atoms with Crippen LogP contribution in [0.5, 0.6) is 0 Å². The molecular weight excluding hydrogens is 331 g/mol. The predicted molar refractivity (Wildman–Crippen MR) is 85.4 cm³/mol. The lowest BCUT2D eigenvalue weighted by molar-refractivity contribution is -0.137. The van der Waals surface area contributed by atoms with E-state index in [1.54, 1.807) is 12.1 Å². The summed E-state index contributed by atoms with van der Waals surface area (Å²) in [5.74, 6) is 0.315. The molecule has 0 radical (unpaired) electrons. The van der Waals surface area contributed by atoms with Gasteiger partial charge in [-0.15, -0.1) is 0 Å². The van der Waals surface area contributed by atoms with Crippen LogP contribution in [0.1, 0.15) is 35.5 Å². The van der Waals surface area contributed by atoms with Gasteiger partial charge in [-0.25, -0.2) is 4.98 Å². The highest BCUT2D eigenvalue weighted by atomic mass is 19.4. The quantitative estimate of drug-likeness (QED) is 0.752. The van der Waals surface area contributed by atoms with Gasteiger partial charge in [0.2, 0.25) is 5.89 Å². The molecule has 3 rings (SSSR count). The smallest absolute Gasteiger partial charge is 0.416 e. The molecule has 128 valence electrons. The molecule has 1 aromatic heterocycles. The summed E-state index contributed by atoms with van der Waals surface area (Å²) in [6.45, 7) is 2.21. The molecule has 3 aromatic rings. The number of fused-ring (bicyclic) bond motifs is 1. The molecule has 0 bridgehead atoms. The van der Waals surface area contributed by atoms with Crippen LogP contribution in [0, 0.1) is 11.3 Å². The van der Waals surface area contributed by atoms with Crippen molar-refractivity contribution >= 4 is 11.1 Å². The summed E-state index contributed by atoms with van der Waals surface area (Å²) in [6, 6.07) is 12.4. The second-order valence-electron chi connectivity index (χ2n) is 5.62. The van der Waals surface area contributed by atoms with Gasteiger partial charge in [0.05, 0.1) is 23.7 Å². The molecule has 0 aliphatic rings. The van der Waals surface area contributed by atoms with Crippen LogP contribution in [0.15, 0.2) is 46.9 Å². The lowest BCUT2D eigenvalue weighted by Crippen LogP contribution is -2.18. The third-order valence-electron chi connectivity index (χ3n) is 3.86. The number of nitrogens with zero attached hydrogens (tertiary/aromatic N) is 2. The van der Waals surface area contributed by atoms with Gasteiger partial charge < -0.3 is 9.73 Å². The van der Waals surface area contributed by atoms with Crippen molar-refractivity contribution in [3.63, 3.8) is 0 Å². The molecule has 0 saturated carbocycles. The molecule has 7 heteroatoms. The molecule has 0 aliphatic carbocycles. The minimum absolute atomic E-state index is 0.0338. The standard InChI is InChI=1S/C18H14F3N3O/c1-11(13-4-2-12(9-22)3-5-13)23-10-17-24-15-8-14(18(19,20)21)6-7-16(15)25-17/h2-8,11,23H,10H2,1H3. The van der Waals surface area contributed by atoms with Crippen molar-refractivity contribution in [1.82, 2.24) is 10.3 Å². The Morgan fingerprint density at radius 2 is 1.92 bits per heavy atom. The van der Waals surface area contributed by atoms with Crippen molar-refractivity contribution in [3.05, 3.63) is 65.0 Å². The molecule has 25 heavy (non-hydrogen) atoms. The third-order valence-corrected chi connectivity index (χ3v) is 3.86. The van der Waals surface area contributed by atoms with Crippen LogP contribution in [-0.4, -0.2) is 4.98 Å². The van der Waals surface area contributed by atoms with Crippen LogP contribution in [0.25, 0.3) is 11.1 Å². The van der Waals surface area contributed by atoms with Crippen LogP contribution in [0.3, 0.4) is 0 Å². The highest BCUT2D eigenvalue weighted by Gasteiger charge is 2.31. The first-order chi connectivity index (χ1) is 11.9. The summed E-state index contributed by atoms with van der Waals surface area (Å²) in [5, 5.41) is 12.0. The Morgan fingerprint density at radius 1 is 1.20 bits per heavy atom. The minimum atomic E-state index is -4.41. The first kappa shape index (κ1) is 17.0. The third kappa shape index (κ3) is 3.80. The summed E-state index contributed by atoms with van der Waals surface area (Å²) in [6.07, 6.45) is -4.41. The van der Waals surface area contributed by atoms with E-state index in [0.717, 1.165) is 17.7 Å². The first-order valence-electron chi connectivity index (χ1n) is 7.57. The van der Waals surface area contributed by atoms with Crippen molar-refractivity contribution in [2.45, 2.75) is 25.7 Å². The van der Waals surface area contributed by atoms with E-state index in [-0.39, 0.29) is 18.1 Å². The Kier molecular flexibility index (Phi) is 4.47. The van der Waals surface area contributed by atoms with E-state index in [4.69, 9.17) is 9.68 Å². The Morgan fingerprint density at radius 3 is 2.56 bits per heavy atom. The molecule has 1 N–H and O–H groups in total. The second-order valence-corrected chi connectivity index (χ2v) is 5.62. The summed E-state index contributed by atoms with van der Waals surface area (Å²) in [5.41, 5.74) is 1.30. The SMILES string of the molecule is CC(NCc1nc2cc(C(F)(F)F)ccc2o1)c1ccc(C#N)cc1. The van der Waals surface area contributed by atoms with E-state index in [1.807, 2.05) is 19.1 Å². The van der Waals surface area contributed by atoms with Gasteiger partial charge in [-0.05, 0) is 42.8 Å². The summed E-state index contributed by atoms with van der Waals surface area (Å²) < 4.78 is 43.7. The molecule has 1 atom stereocenters. The maximum Gasteiger partial charge on any atom is 0.416 e. The molecule has 0 saturated heterocycles. The molecule has 0 aliphatic heterocycles. The highest BCUT2D eigenvalue weighted by molar-refractivity contribution is 5.73. The molecule has 2 aromatic carbocycles. The lowest BCUT2D eigenvalue weighted by Gasteiger charge is -2.12. The number of hydrogen-bond donors (Lipinski definition) is 1. The molecular formula is C18H14F3N3O. The van der Waals surface area contributed by atoms with Crippen molar-refractivity contribution in [2.24, 2.45) is 0 Å². The monoisotopic (exact) mass is 345 g/mol. The zero-order valence-electron chi connectivity index (χ0n) is 13.3. The number of nitriles is 1. The maximum atomic E-state index is 12.7. The topological polar surface area (TPSA) is 61.9 Å². The fourth-order valence-corrected chi connectivity index (χ4v) is 2.43. The number of nitrogens with one attached hydrogen (secondary N) is 1. The van der Waals surface area contributed by atoms with Gasteiger partial charge in [0, 0.05) is 6.04 Å². The molecule has 0 spiro atoms. The van der Waals surface area contributed by atoms with E-state index < -0.39 is 11.7 Å². The van der Waals surface area contributed by atoms with Crippen LogP contribution < -0.4 is 5.32 Å². The van der Waals surface area contributed by atoms with Gasteiger partial charge >= 0.3 is 6.18 Å². The van der Waals surface area contributed by atoms with Crippen LogP contribution in [0.4, 0.5) is 13.2 Å². The minimum Gasteiger partial charge on any atom is -0.439 e. The fourth-order valence-electron chi connectivity index (χ4n) is 2.43. The van der Waals surface area contributed by atoms with Crippen LogP contribution >= 0.6 is 0 Å². The molecule has 1 heterocycles. The largest absolute Gasteiger partial charge is 0.439 e. The van der Waals surface area contributed by atoms with E-state index in [0.29, 0.717) is 17.0 Å². The zero-order chi connectivity index (χ0) is 18.0. The number of rotatable bonds is 4. The molecule has 0 fully saturated rings. The summed E-state index contributed by atoms with van der Waals surface area (Å²) in [4.78, 5) is 4.11. The average molecular weight is 345 g/mol. The number of aromatic nitrogens is 1. The average Bonchev–Trinajstić information content (AvgIpc) is 3.01. The van der Waals surface area contributed by atoms with Crippen molar-refractivity contribution in [2.75, 3.05) is 0 Å². The van der Waals surface area contributed by atoms with Gasteiger partial charge in [0.25, 0.3) is 0 Å². The van der Waals surface area contributed by atoms with E-state index in [1.165, 1.54) is 6.07 Å². The normalized spacial score (nSPS) is 12.9. The van der Waals surface area contributed by atoms with E-state index in [2.05, 4.69) is 16.4 Å². The van der Waals surface area contributed by atoms with Gasteiger partial charge in [-0.3, -0.25) is 0 Å². The lowest BCUT2D eigenvalue weighted by atomic mass is 10.1.